The molecule has 0 spiro atoms. The van der Waals surface area contributed by atoms with Crippen LogP contribution >= 0.6 is 27.3 Å². The Labute approximate surface area is 180 Å². The molecule has 3 aromatic heterocycles. The Hall–Kier alpha value is -2.08. The molecule has 0 amide bonds. The van der Waals surface area contributed by atoms with Crippen molar-refractivity contribution >= 4 is 43.1 Å². The van der Waals surface area contributed by atoms with Gasteiger partial charge < -0.3 is 4.90 Å². The number of nitrogens with zero attached hydrogens (tertiary/aromatic N) is 4. The number of aromatic nitrogens is 3. The lowest BCUT2D eigenvalue weighted by Gasteiger charge is -2.34. The van der Waals surface area contributed by atoms with Crippen molar-refractivity contribution in [2.75, 3.05) is 31.1 Å². The summed E-state index contributed by atoms with van der Waals surface area (Å²) in [5.41, 5.74) is 1.33. The second-order valence-corrected chi connectivity index (χ2v) is 10.7. The van der Waals surface area contributed by atoms with Crippen LogP contribution in [0.5, 0.6) is 0 Å². The maximum absolute atomic E-state index is 13.0. The number of hydrogen-bond donors (Lipinski definition) is 1. The molecule has 0 aromatic carbocycles. The highest BCUT2D eigenvalue weighted by Gasteiger charge is 2.30. The van der Waals surface area contributed by atoms with E-state index in [2.05, 4.69) is 36.0 Å². The van der Waals surface area contributed by atoms with Gasteiger partial charge in [-0.15, -0.1) is 11.3 Å². The third-order valence-electron chi connectivity index (χ3n) is 4.70. The van der Waals surface area contributed by atoms with Crippen LogP contribution in [0, 0.1) is 6.92 Å². The first-order valence-corrected chi connectivity index (χ1v) is 11.9. The SMILES string of the molecule is Cc1cc(N2CCN(S(=O)(=O)c3ccc(-c4ccc(=O)[nH]n4)s3)CC2)ncc1Br. The van der Waals surface area contributed by atoms with Crippen LogP contribution < -0.4 is 10.5 Å². The number of pyridine rings is 1. The number of nitrogens with one attached hydrogen (secondary N) is 1. The fourth-order valence-electron chi connectivity index (χ4n) is 3.06. The number of halogens is 1. The second-order valence-electron chi connectivity index (χ2n) is 6.61. The fourth-order valence-corrected chi connectivity index (χ4v) is 6.13. The van der Waals surface area contributed by atoms with E-state index in [-0.39, 0.29) is 9.77 Å². The van der Waals surface area contributed by atoms with Crippen molar-refractivity contribution in [1.29, 1.82) is 0 Å². The molecule has 0 aliphatic carbocycles. The van der Waals surface area contributed by atoms with Crippen LogP contribution in [0.25, 0.3) is 10.6 Å². The van der Waals surface area contributed by atoms with Gasteiger partial charge in [-0.3, -0.25) is 4.79 Å². The van der Waals surface area contributed by atoms with Gasteiger partial charge in [-0.2, -0.15) is 9.40 Å². The topological polar surface area (TPSA) is 99.3 Å². The van der Waals surface area contributed by atoms with Gasteiger partial charge in [0.1, 0.15) is 15.7 Å². The van der Waals surface area contributed by atoms with Crippen molar-refractivity contribution in [2.45, 2.75) is 11.1 Å². The molecule has 0 bridgehead atoms. The van der Waals surface area contributed by atoms with Gasteiger partial charge in [0.25, 0.3) is 15.6 Å². The molecule has 0 radical (unpaired) electrons. The van der Waals surface area contributed by atoms with Crippen LogP contribution in [0.15, 0.2) is 50.0 Å². The summed E-state index contributed by atoms with van der Waals surface area (Å²) in [4.78, 5) is 18.4. The molecule has 152 valence electrons. The molecule has 29 heavy (non-hydrogen) atoms. The molecule has 1 aliphatic heterocycles. The summed E-state index contributed by atoms with van der Waals surface area (Å²) >= 11 is 4.60. The molecular weight excluding hydrogens is 478 g/mol. The molecule has 1 fully saturated rings. The van der Waals surface area contributed by atoms with Crippen molar-refractivity contribution in [3.05, 3.63) is 56.9 Å². The molecule has 1 aliphatic rings. The lowest BCUT2D eigenvalue weighted by atomic mass is 10.2. The Morgan fingerprint density at radius 3 is 2.55 bits per heavy atom. The molecule has 1 N–H and O–H groups in total. The molecule has 3 aromatic rings. The minimum Gasteiger partial charge on any atom is -0.354 e. The van der Waals surface area contributed by atoms with Crippen LogP contribution in [0.4, 0.5) is 5.82 Å². The monoisotopic (exact) mass is 495 g/mol. The molecule has 0 unspecified atom stereocenters. The molecular formula is C18H18BrN5O3S2. The zero-order valence-corrected chi connectivity index (χ0v) is 18.7. The minimum absolute atomic E-state index is 0.270. The summed E-state index contributed by atoms with van der Waals surface area (Å²) in [7, 11) is -3.58. The molecule has 4 heterocycles. The van der Waals surface area contributed by atoms with Gasteiger partial charge in [0.2, 0.25) is 0 Å². The Morgan fingerprint density at radius 2 is 1.90 bits per heavy atom. The van der Waals surface area contributed by atoms with E-state index in [4.69, 9.17) is 0 Å². The van der Waals surface area contributed by atoms with Gasteiger partial charge in [-0.05, 0) is 52.7 Å². The summed E-state index contributed by atoms with van der Waals surface area (Å²) in [5, 5.41) is 6.33. The van der Waals surface area contributed by atoms with E-state index in [0.717, 1.165) is 27.2 Å². The van der Waals surface area contributed by atoms with E-state index in [1.54, 1.807) is 24.4 Å². The highest BCUT2D eigenvalue weighted by atomic mass is 79.9. The Kier molecular flexibility index (Phi) is 5.56. The zero-order valence-electron chi connectivity index (χ0n) is 15.5. The molecule has 0 saturated carbocycles. The van der Waals surface area contributed by atoms with Gasteiger partial charge >= 0.3 is 0 Å². The third-order valence-corrected chi connectivity index (χ3v) is 9.01. The maximum atomic E-state index is 13.0. The molecule has 0 atom stereocenters. The minimum atomic E-state index is -3.58. The number of rotatable bonds is 4. The molecule has 1 saturated heterocycles. The number of hydrogen-bond acceptors (Lipinski definition) is 7. The van der Waals surface area contributed by atoms with Crippen LogP contribution in [0.1, 0.15) is 5.56 Å². The Morgan fingerprint density at radius 1 is 1.14 bits per heavy atom. The summed E-state index contributed by atoms with van der Waals surface area (Å²) in [6, 6.07) is 8.24. The predicted molar refractivity (Wildman–Crippen MR) is 116 cm³/mol. The normalized spacial score (nSPS) is 15.6. The van der Waals surface area contributed by atoms with E-state index >= 15 is 0 Å². The molecule has 11 heteroatoms. The van der Waals surface area contributed by atoms with Crippen molar-refractivity contribution in [1.82, 2.24) is 19.5 Å². The van der Waals surface area contributed by atoms with Gasteiger partial charge in [0.05, 0.1) is 4.88 Å². The van der Waals surface area contributed by atoms with E-state index in [9.17, 15) is 13.2 Å². The first-order chi connectivity index (χ1) is 13.8. The average Bonchev–Trinajstić information content (AvgIpc) is 3.22. The number of aromatic amines is 1. The fraction of sp³-hybridized carbons (Fsp3) is 0.278. The van der Waals surface area contributed by atoms with Crippen molar-refractivity contribution in [3.63, 3.8) is 0 Å². The average molecular weight is 496 g/mol. The number of aryl methyl sites for hydroxylation is 1. The van der Waals surface area contributed by atoms with Crippen LogP contribution in [-0.4, -0.2) is 54.1 Å². The van der Waals surface area contributed by atoms with E-state index < -0.39 is 10.0 Å². The highest BCUT2D eigenvalue weighted by molar-refractivity contribution is 9.10. The summed E-state index contributed by atoms with van der Waals surface area (Å²) in [6.45, 7) is 3.94. The molecule has 8 nitrogen and oxygen atoms in total. The van der Waals surface area contributed by atoms with Gasteiger partial charge in [-0.25, -0.2) is 18.5 Å². The second kappa shape index (κ2) is 7.98. The first kappa shape index (κ1) is 20.2. The standard InChI is InChI=1S/C18H18BrN5O3S2/c1-12-10-16(20-11-13(12)19)23-6-8-24(9-7-23)29(26,27)18-5-3-15(28-18)14-2-4-17(25)22-21-14/h2-5,10-11H,6-9H2,1H3,(H,22,25). The van der Waals surface area contributed by atoms with Crippen LogP contribution in [-0.2, 0) is 10.0 Å². The lowest BCUT2D eigenvalue weighted by molar-refractivity contribution is 0.385. The number of thiophene rings is 1. The summed E-state index contributed by atoms with van der Waals surface area (Å²) in [6.07, 6.45) is 1.77. The van der Waals surface area contributed by atoms with Gasteiger partial charge in [0, 0.05) is 42.9 Å². The van der Waals surface area contributed by atoms with E-state index in [0.29, 0.717) is 36.8 Å². The first-order valence-electron chi connectivity index (χ1n) is 8.88. The lowest BCUT2D eigenvalue weighted by Crippen LogP contribution is -2.48. The van der Waals surface area contributed by atoms with E-state index in [1.807, 2.05) is 13.0 Å². The number of H-pyrrole nitrogens is 1. The van der Waals surface area contributed by atoms with Gasteiger partial charge in [0.15, 0.2) is 0 Å². The highest BCUT2D eigenvalue weighted by Crippen LogP contribution is 2.31. The smallest absolute Gasteiger partial charge is 0.264 e. The van der Waals surface area contributed by atoms with Gasteiger partial charge in [-0.1, -0.05) is 0 Å². The maximum Gasteiger partial charge on any atom is 0.264 e. The third kappa shape index (κ3) is 4.13. The van der Waals surface area contributed by atoms with Crippen LogP contribution in [0.2, 0.25) is 0 Å². The quantitative estimate of drug-likeness (QED) is 0.596. The summed E-state index contributed by atoms with van der Waals surface area (Å²) < 4.78 is 28.8. The Bertz CT molecular complexity index is 1180. The largest absolute Gasteiger partial charge is 0.354 e. The predicted octanol–water partition coefficient (Wildman–Crippen LogP) is 2.48. The zero-order chi connectivity index (χ0) is 20.6. The van der Waals surface area contributed by atoms with E-state index in [1.165, 1.54) is 10.4 Å². The Balaban J connectivity index is 1.48. The number of anilines is 1. The van der Waals surface area contributed by atoms with Crippen molar-refractivity contribution < 1.29 is 8.42 Å². The number of piperazine rings is 1. The number of sulfonamides is 1. The molecule has 4 rings (SSSR count). The van der Waals surface area contributed by atoms with Crippen molar-refractivity contribution in [2.24, 2.45) is 0 Å². The van der Waals surface area contributed by atoms with Crippen LogP contribution in [0.3, 0.4) is 0 Å². The summed E-state index contributed by atoms with van der Waals surface area (Å²) in [5.74, 6) is 0.852. The van der Waals surface area contributed by atoms with Crippen molar-refractivity contribution in [3.8, 4) is 10.6 Å².